The Morgan fingerprint density at radius 2 is 0.853 bits per heavy atom. The summed E-state index contributed by atoms with van der Waals surface area (Å²) in [5, 5.41) is 0. The van der Waals surface area contributed by atoms with Gasteiger partial charge in [-0.05, 0) is 0 Å². The molecule has 0 aromatic heterocycles. The van der Waals surface area contributed by atoms with Crippen molar-refractivity contribution >= 4 is 31.0 Å². The second-order valence-electron chi connectivity index (χ2n) is 8.49. The van der Waals surface area contributed by atoms with Gasteiger partial charge in [-0.15, -0.1) is 0 Å². The van der Waals surface area contributed by atoms with Gasteiger partial charge in [0.1, 0.15) is 0 Å². The first-order valence-electron chi connectivity index (χ1n) is 11.3. The molecule has 0 N–H and O–H groups in total. The molecule has 0 fully saturated rings. The Kier molecular flexibility index (Phi) is 8.53. The molecule has 2 aliphatic rings. The third kappa shape index (κ3) is 4.73. The second kappa shape index (κ2) is 11.4. The van der Waals surface area contributed by atoms with Gasteiger partial charge in [0.05, 0.1) is 0 Å². The van der Waals surface area contributed by atoms with Crippen molar-refractivity contribution in [2.45, 2.75) is 7.35 Å². The van der Waals surface area contributed by atoms with E-state index in [1.54, 1.807) is 19.9 Å². The first-order chi connectivity index (χ1) is 15.9. The van der Waals surface area contributed by atoms with E-state index in [1.807, 2.05) is 0 Å². The van der Waals surface area contributed by atoms with E-state index in [1.165, 1.54) is 11.1 Å². The summed E-state index contributed by atoms with van der Waals surface area (Å²) in [6.07, 6.45) is 9.98. The summed E-state index contributed by atoms with van der Waals surface area (Å²) in [7, 11) is -1.76. The van der Waals surface area contributed by atoms with E-state index >= 15 is 0 Å². The van der Waals surface area contributed by atoms with Gasteiger partial charge in [0.25, 0.3) is 0 Å². The van der Waals surface area contributed by atoms with Crippen LogP contribution in [-0.4, -0.2) is 10.1 Å². The van der Waals surface area contributed by atoms with Gasteiger partial charge in [-0.3, -0.25) is 0 Å². The minimum Gasteiger partial charge on any atom is -1.00 e. The van der Waals surface area contributed by atoms with E-state index in [4.69, 9.17) is 0 Å². The summed E-state index contributed by atoms with van der Waals surface area (Å²) in [6.45, 7) is 0. The van der Waals surface area contributed by atoms with E-state index in [2.05, 4.69) is 133 Å². The maximum absolute atomic E-state index is 2.58. The number of halogens is 2. The van der Waals surface area contributed by atoms with Crippen molar-refractivity contribution in [2.75, 3.05) is 0 Å². The van der Waals surface area contributed by atoms with Crippen LogP contribution in [0.1, 0.15) is 29.6 Å². The Balaban J connectivity index is 0.00000137. The summed E-state index contributed by atoms with van der Waals surface area (Å²) >= 11 is -2.42. The quantitative estimate of drug-likeness (QED) is 0.262. The van der Waals surface area contributed by atoms with Crippen molar-refractivity contribution in [1.29, 1.82) is 0 Å². The van der Waals surface area contributed by atoms with E-state index in [9.17, 15) is 0 Å². The van der Waals surface area contributed by atoms with Crippen molar-refractivity contribution in [3.8, 4) is 0 Å². The van der Waals surface area contributed by atoms with Crippen LogP contribution in [0.25, 0.3) is 12.2 Å². The third-order valence-corrected chi connectivity index (χ3v) is 52.4. The first-order valence-corrected chi connectivity index (χ1v) is 27.9. The molecule has 0 radical (unpaired) electrons. The predicted molar refractivity (Wildman–Crippen MR) is 134 cm³/mol. The molecule has 0 aliphatic heterocycles. The molecule has 2 atom stereocenters. The molecule has 6 rings (SSSR count). The Bertz CT molecular complexity index is 1270. The summed E-state index contributed by atoms with van der Waals surface area (Å²) in [5.74, 6) is 0. The van der Waals surface area contributed by atoms with E-state index in [0.717, 1.165) is 0 Å². The normalized spacial score (nSPS) is 16.4. The smallest absolute Gasteiger partial charge is 1.00 e. The van der Waals surface area contributed by atoms with Crippen molar-refractivity contribution in [3.63, 3.8) is 0 Å². The molecule has 4 heteroatoms. The molecule has 4 aromatic rings. The Labute approximate surface area is 223 Å². The Morgan fingerprint density at radius 3 is 1.29 bits per heavy atom. The van der Waals surface area contributed by atoms with Crippen molar-refractivity contribution in [2.24, 2.45) is 0 Å². The van der Waals surface area contributed by atoms with Crippen molar-refractivity contribution in [3.05, 3.63) is 144 Å². The van der Waals surface area contributed by atoms with Crippen LogP contribution in [0.15, 0.2) is 121 Å². The Hall–Kier alpha value is -1.65. The van der Waals surface area contributed by atoms with E-state index < -0.39 is 28.4 Å². The number of benzene rings is 4. The average Bonchev–Trinajstić information content (AvgIpc) is 3.48. The summed E-state index contributed by atoms with van der Waals surface area (Å²) in [4.78, 5) is 0. The molecule has 0 saturated carbocycles. The molecule has 166 valence electrons. The van der Waals surface area contributed by atoms with Gasteiger partial charge < -0.3 is 24.8 Å². The monoisotopic (exact) mass is 708 g/mol. The standard InChI is InChI=1S/C12H10Ge.2C9H7.2ClH.Hf/c1-3-7-11(8-4-1)13-12-9-5-2-6-10-12;2*1-2-5-9-7-3-6-8(9)4-1;;;/h1-10H;2*1-7H;2*1H;/q;;;;;+2/p-2. The molecule has 0 amide bonds. The number of rotatable bonds is 4. The fourth-order valence-corrected chi connectivity index (χ4v) is 57.7. The largest absolute Gasteiger partial charge is 1.00 e. The molecule has 0 saturated heterocycles. The summed E-state index contributed by atoms with van der Waals surface area (Å²) < 4.78 is 4.59. The van der Waals surface area contributed by atoms with Gasteiger partial charge in [0, 0.05) is 0 Å². The van der Waals surface area contributed by atoms with Gasteiger partial charge in [0.2, 0.25) is 0 Å². The van der Waals surface area contributed by atoms with E-state index in [0.29, 0.717) is 7.35 Å². The van der Waals surface area contributed by atoms with Crippen LogP contribution in [0.2, 0.25) is 0 Å². The fourth-order valence-electron chi connectivity index (χ4n) is 5.26. The van der Waals surface area contributed by atoms with Crippen LogP contribution in [-0.2, 0) is 18.3 Å². The van der Waals surface area contributed by atoms with Crippen LogP contribution < -0.4 is 33.6 Å². The molecular formula is C30H24Cl2GeHf. The number of allylic oxidation sites excluding steroid dienone is 2. The predicted octanol–water partition coefficient (Wildman–Crippen LogP) is -0.0453. The van der Waals surface area contributed by atoms with Crippen LogP contribution in [0.4, 0.5) is 0 Å². The average molecular weight is 707 g/mol. The second-order valence-corrected chi connectivity index (χ2v) is 39.5. The molecule has 0 spiro atoms. The minimum atomic E-state index is -2.42. The molecule has 0 nitrogen and oxygen atoms in total. The van der Waals surface area contributed by atoms with Crippen molar-refractivity contribution in [1.82, 2.24) is 0 Å². The van der Waals surface area contributed by atoms with Crippen LogP contribution in [0, 0.1) is 0 Å². The first kappa shape index (κ1) is 25.4. The fraction of sp³-hybridized carbons (Fsp3) is 0.0667. The summed E-state index contributed by atoms with van der Waals surface area (Å²) in [5.41, 5.74) is 6.05. The molecular weight excluding hydrogens is 682 g/mol. The molecule has 4 aromatic carbocycles. The molecule has 2 aliphatic carbocycles. The van der Waals surface area contributed by atoms with Gasteiger partial charge in [-0.2, -0.15) is 0 Å². The maximum atomic E-state index is 2.58. The molecule has 34 heavy (non-hydrogen) atoms. The van der Waals surface area contributed by atoms with Crippen molar-refractivity contribution < 1.29 is 43.2 Å². The third-order valence-electron chi connectivity index (χ3n) is 6.68. The zero-order valence-corrected chi connectivity index (χ0v) is 25.8. The van der Waals surface area contributed by atoms with E-state index in [-0.39, 0.29) is 24.8 Å². The summed E-state index contributed by atoms with van der Waals surface area (Å²) in [6, 6.07) is 41.4. The topological polar surface area (TPSA) is 0 Å². The maximum Gasteiger partial charge on any atom is -1.00 e. The molecule has 2 unspecified atom stereocenters. The zero-order valence-electron chi connectivity index (χ0n) is 18.6. The van der Waals surface area contributed by atoms with Gasteiger partial charge in [0.15, 0.2) is 0 Å². The number of hydrogen-bond acceptors (Lipinski definition) is 0. The van der Waals surface area contributed by atoms with Gasteiger partial charge in [-0.1, -0.05) is 0 Å². The SMILES string of the molecule is C1=C[CH]([Hf+2]([CH]2C=Cc3ccccc32)=[Ge]([c]2ccccc2)[c]2ccccc2)c2ccccc21.[Cl-].[Cl-]. The van der Waals surface area contributed by atoms with Gasteiger partial charge >= 0.3 is 200 Å². The number of fused-ring (bicyclic) bond motifs is 2. The van der Waals surface area contributed by atoms with Gasteiger partial charge in [-0.25, -0.2) is 0 Å². The molecule has 0 bridgehead atoms. The zero-order chi connectivity index (χ0) is 21.3. The minimum absolute atomic E-state index is 0. The Morgan fingerprint density at radius 1 is 0.471 bits per heavy atom. The van der Waals surface area contributed by atoms with Crippen LogP contribution >= 0.6 is 0 Å². The van der Waals surface area contributed by atoms with Crippen LogP contribution in [0.5, 0.6) is 0 Å². The number of hydrogen-bond donors (Lipinski definition) is 0. The van der Waals surface area contributed by atoms with Crippen LogP contribution in [0.3, 0.4) is 0 Å². The molecule has 0 heterocycles.